The number of carbonyl (C=O) groups excluding carboxylic acids is 1. The molecule has 9 heteroatoms. The Kier molecular flexibility index (Phi) is 3.82. The first kappa shape index (κ1) is 18.2. The number of pyridine rings is 2. The van der Waals surface area contributed by atoms with E-state index in [1.807, 2.05) is 19.1 Å². The van der Waals surface area contributed by atoms with Gasteiger partial charge in [-0.2, -0.15) is 13.2 Å². The summed E-state index contributed by atoms with van der Waals surface area (Å²) in [5.74, 6) is -1.37. The Bertz CT molecular complexity index is 1330. The van der Waals surface area contributed by atoms with Gasteiger partial charge in [0, 0.05) is 40.8 Å². The average molecular weight is 407 g/mol. The van der Waals surface area contributed by atoms with E-state index in [1.165, 1.54) is 6.20 Å². The minimum atomic E-state index is -4.74. The molecule has 3 heterocycles. The maximum absolute atomic E-state index is 13.0. The highest BCUT2D eigenvalue weighted by Gasteiger charge is 2.39. The summed E-state index contributed by atoms with van der Waals surface area (Å²) in [6, 6.07) is 9.05. The molecule has 4 aromatic rings. The molecule has 0 unspecified atom stereocenters. The number of nitrogens with one attached hydrogen (secondary N) is 1. The van der Waals surface area contributed by atoms with E-state index in [0.717, 1.165) is 11.8 Å². The number of fused-ring (bicyclic) bond motifs is 5. The monoisotopic (exact) mass is 407 g/mol. The molecule has 5 rings (SSSR count). The molecule has 3 aromatic heterocycles. The third-order valence-electron chi connectivity index (χ3n) is 4.84. The van der Waals surface area contributed by atoms with E-state index in [1.54, 1.807) is 24.4 Å². The number of hydrogen-bond donors (Lipinski definition) is 1. The van der Waals surface area contributed by atoms with Gasteiger partial charge < -0.3 is 5.32 Å². The van der Waals surface area contributed by atoms with E-state index in [9.17, 15) is 18.0 Å². The van der Waals surface area contributed by atoms with Gasteiger partial charge in [0.05, 0.1) is 11.1 Å². The van der Waals surface area contributed by atoms with Gasteiger partial charge in [-0.1, -0.05) is 12.1 Å². The zero-order valence-corrected chi connectivity index (χ0v) is 15.4. The molecule has 0 saturated carbocycles. The number of benzene rings is 1. The molecule has 0 fully saturated rings. The summed E-state index contributed by atoms with van der Waals surface area (Å²) >= 11 is 0. The van der Waals surface area contributed by atoms with E-state index >= 15 is 0 Å². The second-order valence-electron chi connectivity index (χ2n) is 6.88. The normalized spacial score (nSPS) is 12.7. The zero-order chi connectivity index (χ0) is 21.0. The minimum absolute atomic E-state index is 0.192. The van der Waals surface area contributed by atoms with Crippen LogP contribution in [0.3, 0.4) is 0 Å². The molecule has 0 aliphatic heterocycles. The Morgan fingerprint density at radius 2 is 1.73 bits per heavy atom. The van der Waals surface area contributed by atoms with Crippen molar-refractivity contribution in [2.75, 3.05) is 5.32 Å². The molecule has 148 valence electrons. The third-order valence-corrected chi connectivity index (χ3v) is 4.84. The average Bonchev–Trinajstić information content (AvgIpc) is 3.01. The molecule has 0 radical (unpaired) electrons. The van der Waals surface area contributed by atoms with Crippen LogP contribution in [0.15, 0.2) is 48.9 Å². The molecule has 0 bridgehead atoms. The summed E-state index contributed by atoms with van der Waals surface area (Å²) in [7, 11) is 0. The van der Waals surface area contributed by atoms with Crippen LogP contribution in [0.1, 0.15) is 27.4 Å². The van der Waals surface area contributed by atoms with Gasteiger partial charge in [0.25, 0.3) is 0 Å². The molecule has 6 nitrogen and oxygen atoms in total. The van der Waals surface area contributed by atoms with Crippen LogP contribution in [0.4, 0.5) is 24.7 Å². The van der Waals surface area contributed by atoms with Crippen LogP contribution in [0.2, 0.25) is 0 Å². The maximum Gasteiger partial charge on any atom is 0.451 e. The molecule has 0 saturated heterocycles. The number of rotatable bonds is 2. The van der Waals surface area contributed by atoms with Gasteiger partial charge in [-0.05, 0) is 30.7 Å². The van der Waals surface area contributed by atoms with E-state index in [-0.39, 0.29) is 16.8 Å². The quantitative estimate of drug-likeness (QED) is 0.457. The summed E-state index contributed by atoms with van der Waals surface area (Å²) in [4.78, 5) is 28.4. The van der Waals surface area contributed by atoms with E-state index in [2.05, 4.69) is 25.3 Å². The number of carbonyl (C=O) groups is 1. The summed E-state index contributed by atoms with van der Waals surface area (Å²) < 4.78 is 39.1. The smallest absolute Gasteiger partial charge is 0.340 e. The lowest BCUT2D eigenvalue weighted by Crippen LogP contribution is -2.13. The molecule has 0 amide bonds. The van der Waals surface area contributed by atoms with Gasteiger partial charge in [-0.3, -0.25) is 9.78 Å². The number of nitrogens with zero attached hydrogens (tertiary/aromatic N) is 4. The van der Waals surface area contributed by atoms with Crippen LogP contribution < -0.4 is 5.32 Å². The SMILES string of the molecule is Cc1ccc(Nc2cccc3ncc4c(c23)-c2cnc(C(F)(F)F)nc2C4=O)nc1. The largest absolute Gasteiger partial charge is 0.451 e. The lowest BCUT2D eigenvalue weighted by Gasteiger charge is -2.12. The molecule has 30 heavy (non-hydrogen) atoms. The van der Waals surface area contributed by atoms with Gasteiger partial charge in [0.2, 0.25) is 11.6 Å². The van der Waals surface area contributed by atoms with E-state index < -0.39 is 17.8 Å². The molecule has 1 aliphatic carbocycles. The first-order valence-corrected chi connectivity index (χ1v) is 8.93. The zero-order valence-electron chi connectivity index (χ0n) is 15.4. The van der Waals surface area contributed by atoms with Crippen LogP contribution in [0.25, 0.3) is 22.0 Å². The summed E-state index contributed by atoms with van der Waals surface area (Å²) in [5.41, 5.74) is 2.82. The van der Waals surface area contributed by atoms with Gasteiger partial charge >= 0.3 is 6.18 Å². The summed E-state index contributed by atoms with van der Waals surface area (Å²) in [6.07, 6.45) is -0.617. The van der Waals surface area contributed by atoms with Crippen LogP contribution in [0, 0.1) is 6.92 Å². The summed E-state index contributed by atoms with van der Waals surface area (Å²) in [6.45, 7) is 1.92. The third kappa shape index (κ3) is 2.78. The predicted octanol–water partition coefficient (Wildman–Crippen LogP) is 4.70. The number of aryl methyl sites for hydroxylation is 1. The Morgan fingerprint density at radius 1 is 0.933 bits per heavy atom. The fraction of sp³-hybridized carbons (Fsp3) is 0.0952. The summed E-state index contributed by atoms with van der Waals surface area (Å²) in [5, 5.41) is 3.79. The number of anilines is 2. The van der Waals surface area contributed by atoms with E-state index in [0.29, 0.717) is 28.0 Å². The van der Waals surface area contributed by atoms with Crippen molar-refractivity contribution in [1.29, 1.82) is 0 Å². The molecule has 1 aromatic carbocycles. The molecule has 0 atom stereocenters. The molecular weight excluding hydrogens is 395 g/mol. The Balaban J connectivity index is 1.73. The van der Waals surface area contributed by atoms with Crippen LogP contribution in [-0.2, 0) is 6.18 Å². The van der Waals surface area contributed by atoms with Crippen molar-refractivity contribution >= 4 is 28.2 Å². The Morgan fingerprint density at radius 3 is 2.47 bits per heavy atom. The molecule has 1 N–H and O–H groups in total. The van der Waals surface area contributed by atoms with Crippen LogP contribution >= 0.6 is 0 Å². The van der Waals surface area contributed by atoms with Crippen molar-refractivity contribution in [2.45, 2.75) is 13.1 Å². The minimum Gasteiger partial charge on any atom is -0.340 e. The highest BCUT2D eigenvalue weighted by molar-refractivity contribution is 6.25. The maximum atomic E-state index is 13.0. The highest BCUT2D eigenvalue weighted by Crippen LogP contribution is 2.43. The second-order valence-corrected chi connectivity index (χ2v) is 6.88. The Hall–Kier alpha value is -3.88. The first-order valence-electron chi connectivity index (χ1n) is 8.93. The Labute approximate surface area is 167 Å². The number of halogens is 3. The second kappa shape index (κ2) is 6.31. The molecular formula is C21H12F3N5O. The standard InChI is InChI=1S/C21H12F3N5O/c1-10-5-6-15(26-7-10)28-14-4-2-3-13-17(14)16-11-8-27-20(21(22,23)24)29-18(11)19(30)12(16)9-25-13/h2-9H,1H3,(H,26,28). The lowest BCUT2D eigenvalue weighted by molar-refractivity contribution is -0.145. The van der Waals surface area contributed by atoms with Crippen LogP contribution in [0.5, 0.6) is 0 Å². The van der Waals surface area contributed by atoms with Crippen molar-refractivity contribution in [3.05, 3.63) is 71.6 Å². The first-order chi connectivity index (χ1) is 14.3. The number of alkyl halides is 3. The van der Waals surface area contributed by atoms with Crippen molar-refractivity contribution in [1.82, 2.24) is 19.9 Å². The predicted molar refractivity (Wildman–Crippen MR) is 103 cm³/mol. The van der Waals surface area contributed by atoms with Gasteiger partial charge in [-0.15, -0.1) is 0 Å². The fourth-order valence-corrected chi connectivity index (χ4v) is 3.48. The van der Waals surface area contributed by atoms with Crippen molar-refractivity contribution in [2.24, 2.45) is 0 Å². The molecule has 1 aliphatic rings. The van der Waals surface area contributed by atoms with Crippen molar-refractivity contribution in [3.8, 4) is 11.1 Å². The topological polar surface area (TPSA) is 80.7 Å². The van der Waals surface area contributed by atoms with Crippen molar-refractivity contribution in [3.63, 3.8) is 0 Å². The van der Waals surface area contributed by atoms with Gasteiger partial charge in [0.1, 0.15) is 11.5 Å². The van der Waals surface area contributed by atoms with Gasteiger partial charge in [0.15, 0.2) is 0 Å². The number of ketones is 1. The van der Waals surface area contributed by atoms with Crippen LogP contribution in [-0.4, -0.2) is 25.7 Å². The highest BCUT2D eigenvalue weighted by atomic mass is 19.4. The van der Waals surface area contributed by atoms with Crippen molar-refractivity contribution < 1.29 is 18.0 Å². The number of hydrogen-bond acceptors (Lipinski definition) is 6. The van der Waals surface area contributed by atoms with Gasteiger partial charge in [-0.25, -0.2) is 15.0 Å². The number of aromatic nitrogens is 4. The lowest BCUT2D eigenvalue weighted by atomic mass is 10.0. The fourth-order valence-electron chi connectivity index (χ4n) is 3.48. The van der Waals surface area contributed by atoms with E-state index in [4.69, 9.17) is 0 Å². The molecule has 0 spiro atoms.